The highest BCUT2D eigenvalue weighted by molar-refractivity contribution is 5.86. The van der Waals surface area contributed by atoms with Crippen LogP contribution in [-0.4, -0.2) is 40.6 Å². The van der Waals surface area contributed by atoms with Gasteiger partial charge < -0.3 is 15.3 Å². The molecule has 0 spiro atoms. The highest BCUT2D eigenvalue weighted by Gasteiger charge is 2.38. The van der Waals surface area contributed by atoms with E-state index in [-0.39, 0.29) is 18.6 Å². The monoisotopic (exact) mass is 186 g/mol. The number of urea groups is 1. The van der Waals surface area contributed by atoms with Crippen LogP contribution in [0.15, 0.2) is 0 Å². The minimum absolute atomic E-state index is 0.0244. The first-order valence-electron chi connectivity index (χ1n) is 4.37. The Balaban J connectivity index is 2.76. The second-order valence-corrected chi connectivity index (χ2v) is 3.20. The van der Waals surface area contributed by atoms with Gasteiger partial charge in [-0.3, -0.25) is 0 Å². The second-order valence-electron chi connectivity index (χ2n) is 3.20. The van der Waals surface area contributed by atoms with Gasteiger partial charge in [-0.25, -0.2) is 9.59 Å². The van der Waals surface area contributed by atoms with E-state index in [1.165, 1.54) is 4.90 Å². The van der Waals surface area contributed by atoms with Crippen molar-refractivity contribution in [2.45, 2.75) is 32.4 Å². The predicted octanol–water partition coefficient (Wildman–Crippen LogP) is 0.263. The van der Waals surface area contributed by atoms with Crippen LogP contribution < -0.4 is 5.32 Å². The summed E-state index contributed by atoms with van der Waals surface area (Å²) in [5.74, 6) is -0.946. The van der Waals surface area contributed by atoms with Crippen molar-refractivity contribution >= 4 is 12.0 Å². The minimum atomic E-state index is -0.946. The van der Waals surface area contributed by atoms with Crippen LogP contribution in [0.3, 0.4) is 0 Å². The Morgan fingerprint density at radius 1 is 1.85 bits per heavy atom. The maximum absolute atomic E-state index is 11.2. The molecule has 2 N–H and O–H groups in total. The summed E-state index contributed by atoms with van der Waals surface area (Å²) in [7, 11) is 0. The first-order chi connectivity index (χ1) is 6.07. The van der Waals surface area contributed by atoms with E-state index < -0.39 is 12.0 Å². The first kappa shape index (κ1) is 9.83. The lowest BCUT2D eigenvalue weighted by molar-refractivity contribution is -0.141. The van der Waals surface area contributed by atoms with E-state index in [1.807, 2.05) is 13.8 Å². The molecule has 0 aromatic rings. The quantitative estimate of drug-likeness (QED) is 0.664. The summed E-state index contributed by atoms with van der Waals surface area (Å²) in [5, 5.41) is 11.3. The Kier molecular flexibility index (Phi) is 2.75. The average Bonchev–Trinajstić information content (AvgIpc) is 2.46. The number of hydrogen-bond donors (Lipinski definition) is 2. The van der Waals surface area contributed by atoms with Crippen LogP contribution in [0.25, 0.3) is 0 Å². The maximum Gasteiger partial charge on any atom is 0.328 e. The molecule has 1 aliphatic rings. The second kappa shape index (κ2) is 3.64. The van der Waals surface area contributed by atoms with Crippen molar-refractivity contribution in [1.29, 1.82) is 0 Å². The van der Waals surface area contributed by atoms with E-state index >= 15 is 0 Å². The molecule has 1 rings (SSSR count). The van der Waals surface area contributed by atoms with E-state index in [0.29, 0.717) is 0 Å². The fourth-order valence-corrected chi connectivity index (χ4v) is 1.43. The fourth-order valence-electron chi connectivity index (χ4n) is 1.43. The smallest absolute Gasteiger partial charge is 0.328 e. The Bertz CT molecular complexity index is 229. The lowest BCUT2D eigenvalue weighted by Gasteiger charge is -2.25. The highest BCUT2D eigenvalue weighted by atomic mass is 16.4. The van der Waals surface area contributed by atoms with Crippen molar-refractivity contribution in [3.63, 3.8) is 0 Å². The van der Waals surface area contributed by atoms with Crippen LogP contribution in [0.1, 0.15) is 20.3 Å². The molecule has 1 fully saturated rings. The van der Waals surface area contributed by atoms with Gasteiger partial charge in [0.05, 0.1) is 6.54 Å². The molecule has 5 nitrogen and oxygen atoms in total. The molecule has 1 aliphatic heterocycles. The zero-order valence-corrected chi connectivity index (χ0v) is 7.78. The molecule has 0 bridgehead atoms. The highest BCUT2D eigenvalue weighted by Crippen LogP contribution is 2.13. The van der Waals surface area contributed by atoms with E-state index in [4.69, 9.17) is 5.11 Å². The molecule has 0 aromatic carbocycles. The molecule has 5 heteroatoms. The predicted molar refractivity (Wildman–Crippen MR) is 46.4 cm³/mol. The number of carboxylic acid groups (broad SMARTS) is 1. The standard InChI is InChI=1S/C8H14N2O3/c1-3-5(2)10-6(7(11)12)4-9-8(10)13/h5-6H,3-4H2,1-2H3,(H,9,13)(H,11,12). The molecular weight excluding hydrogens is 172 g/mol. The van der Waals surface area contributed by atoms with Crippen molar-refractivity contribution in [2.75, 3.05) is 6.54 Å². The minimum Gasteiger partial charge on any atom is -0.480 e. The van der Waals surface area contributed by atoms with E-state index in [0.717, 1.165) is 6.42 Å². The third-order valence-corrected chi connectivity index (χ3v) is 2.37. The van der Waals surface area contributed by atoms with E-state index in [1.54, 1.807) is 0 Å². The third-order valence-electron chi connectivity index (χ3n) is 2.37. The number of amides is 2. The Hall–Kier alpha value is -1.26. The number of nitrogens with one attached hydrogen (secondary N) is 1. The van der Waals surface area contributed by atoms with E-state index in [2.05, 4.69) is 5.32 Å². The SMILES string of the molecule is CCC(C)N1C(=O)NCC1C(=O)O. The summed E-state index contributed by atoms with van der Waals surface area (Å²) >= 11 is 0. The van der Waals surface area contributed by atoms with Crippen LogP contribution in [0.4, 0.5) is 4.79 Å². The molecule has 2 atom stereocenters. The van der Waals surface area contributed by atoms with Crippen molar-refractivity contribution in [1.82, 2.24) is 10.2 Å². The van der Waals surface area contributed by atoms with Gasteiger partial charge in [-0.2, -0.15) is 0 Å². The molecule has 2 unspecified atom stereocenters. The summed E-state index contributed by atoms with van der Waals surface area (Å²) in [5.41, 5.74) is 0. The molecule has 0 radical (unpaired) electrons. The molecule has 0 saturated carbocycles. The van der Waals surface area contributed by atoms with Crippen molar-refractivity contribution in [3.05, 3.63) is 0 Å². The third kappa shape index (κ3) is 1.74. The topological polar surface area (TPSA) is 69.6 Å². The number of hydrogen-bond acceptors (Lipinski definition) is 2. The summed E-state index contributed by atoms with van der Waals surface area (Å²) in [4.78, 5) is 23.4. The van der Waals surface area contributed by atoms with Gasteiger partial charge in [-0.15, -0.1) is 0 Å². The van der Waals surface area contributed by atoms with Gasteiger partial charge >= 0.3 is 12.0 Å². The Morgan fingerprint density at radius 2 is 2.46 bits per heavy atom. The number of carbonyl (C=O) groups is 2. The van der Waals surface area contributed by atoms with Gasteiger partial charge in [-0.1, -0.05) is 6.92 Å². The number of carboxylic acids is 1. The first-order valence-corrected chi connectivity index (χ1v) is 4.37. The van der Waals surface area contributed by atoms with Gasteiger partial charge in [0, 0.05) is 6.04 Å². The summed E-state index contributed by atoms with van der Waals surface area (Å²) < 4.78 is 0. The largest absolute Gasteiger partial charge is 0.480 e. The Labute approximate surface area is 76.7 Å². The molecule has 0 aliphatic carbocycles. The van der Waals surface area contributed by atoms with Crippen molar-refractivity contribution in [2.24, 2.45) is 0 Å². The van der Waals surface area contributed by atoms with Crippen LogP contribution in [0.2, 0.25) is 0 Å². The molecule has 74 valence electrons. The van der Waals surface area contributed by atoms with Crippen LogP contribution in [0.5, 0.6) is 0 Å². The van der Waals surface area contributed by atoms with Crippen molar-refractivity contribution in [3.8, 4) is 0 Å². The maximum atomic E-state index is 11.2. The number of carbonyl (C=O) groups excluding carboxylic acids is 1. The zero-order chi connectivity index (χ0) is 10.0. The normalized spacial score (nSPS) is 24.3. The average molecular weight is 186 g/mol. The van der Waals surface area contributed by atoms with Crippen LogP contribution in [-0.2, 0) is 4.79 Å². The van der Waals surface area contributed by atoms with Gasteiger partial charge in [0.1, 0.15) is 6.04 Å². The molecule has 0 aromatic heterocycles. The van der Waals surface area contributed by atoms with E-state index in [9.17, 15) is 9.59 Å². The summed E-state index contributed by atoms with van der Waals surface area (Å²) in [6.07, 6.45) is 0.761. The van der Waals surface area contributed by atoms with Gasteiger partial charge in [0.15, 0.2) is 0 Å². The number of aliphatic carboxylic acids is 1. The van der Waals surface area contributed by atoms with Gasteiger partial charge in [0.2, 0.25) is 0 Å². The molecule has 1 saturated heterocycles. The lowest BCUT2D eigenvalue weighted by Crippen LogP contribution is -2.44. The van der Waals surface area contributed by atoms with Gasteiger partial charge in [-0.05, 0) is 13.3 Å². The molecule has 2 amide bonds. The van der Waals surface area contributed by atoms with Crippen LogP contribution in [0, 0.1) is 0 Å². The van der Waals surface area contributed by atoms with Crippen LogP contribution >= 0.6 is 0 Å². The lowest BCUT2D eigenvalue weighted by atomic mass is 10.2. The molecule has 13 heavy (non-hydrogen) atoms. The van der Waals surface area contributed by atoms with Crippen molar-refractivity contribution < 1.29 is 14.7 Å². The van der Waals surface area contributed by atoms with Gasteiger partial charge in [0.25, 0.3) is 0 Å². The number of nitrogens with zero attached hydrogens (tertiary/aromatic N) is 1. The molecule has 1 heterocycles. The number of rotatable bonds is 3. The zero-order valence-electron chi connectivity index (χ0n) is 7.78. The summed E-state index contributed by atoms with van der Waals surface area (Å²) in [6, 6.07) is -1.01. The fraction of sp³-hybridized carbons (Fsp3) is 0.750. The Morgan fingerprint density at radius 3 is 2.92 bits per heavy atom. The summed E-state index contributed by atoms with van der Waals surface area (Å²) in [6.45, 7) is 3.98. The molecular formula is C8H14N2O3.